The van der Waals surface area contributed by atoms with Gasteiger partial charge in [0.2, 0.25) is 0 Å². The Morgan fingerprint density at radius 2 is 1.83 bits per heavy atom. The topological polar surface area (TPSA) is 43.4 Å². The monoisotopic (exact) mass is 252 g/mol. The second-order valence-corrected chi connectivity index (χ2v) is 4.08. The maximum atomic E-state index is 12.6. The fraction of sp³-hybridized carbons (Fsp3) is 0.429. The number of ether oxygens (including phenoxy) is 1. The molecule has 0 atom stereocenters. The molecule has 0 radical (unpaired) electrons. The van der Waals surface area contributed by atoms with E-state index < -0.39 is 11.8 Å². The van der Waals surface area contributed by atoms with Crippen molar-refractivity contribution in [1.82, 2.24) is 0 Å². The van der Waals surface area contributed by atoms with Crippen LogP contribution in [0.2, 0.25) is 0 Å². The number of ketones is 1. The molecule has 1 aromatic rings. The van der Waals surface area contributed by atoms with E-state index in [-0.39, 0.29) is 18.0 Å². The molecule has 0 aromatic heterocycles. The number of carbonyl (C=O) groups is 2. The lowest BCUT2D eigenvalue weighted by Crippen LogP contribution is -2.13. The van der Waals surface area contributed by atoms with Gasteiger partial charge in [-0.1, -0.05) is 19.8 Å². The molecule has 0 aliphatic rings. The van der Waals surface area contributed by atoms with Gasteiger partial charge in [0.05, 0.1) is 5.56 Å². The molecule has 4 heteroatoms. The van der Waals surface area contributed by atoms with E-state index >= 15 is 0 Å². The van der Waals surface area contributed by atoms with Crippen molar-refractivity contribution >= 4 is 11.8 Å². The summed E-state index contributed by atoms with van der Waals surface area (Å²) < 4.78 is 17.5. The van der Waals surface area contributed by atoms with Gasteiger partial charge in [-0.05, 0) is 30.7 Å². The number of hydrogen-bond acceptors (Lipinski definition) is 3. The highest BCUT2D eigenvalue weighted by atomic mass is 19.1. The first-order chi connectivity index (χ1) is 8.63. The van der Waals surface area contributed by atoms with Crippen molar-refractivity contribution in [2.24, 2.45) is 0 Å². The van der Waals surface area contributed by atoms with E-state index in [1.165, 1.54) is 24.3 Å². The molecule has 0 spiro atoms. The predicted molar refractivity (Wildman–Crippen MR) is 65.8 cm³/mol. The van der Waals surface area contributed by atoms with Crippen molar-refractivity contribution in [1.29, 1.82) is 0 Å². The molecule has 3 nitrogen and oxygen atoms in total. The molecule has 0 unspecified atom stereocenters. The van der Waals surface area contributed by atoms with Crippen LogP contribution in [0.25, 0.3) is 0 Å². The minimum Gasteiger partial charge on any atom is -0.454 e. The van der Waals surface area contributed by atoms with Crippen LogP contribution in [0.3, 0.4) is 0 Å². The van der Waals surface area contributed by atoms with Gasteiger partial charge in [-0.15, -0.1) is 0 Å². The van der Waals surface area contributed by atoms with Crippen molar-refractivity contribution in [2.45, 2.75) is 32.6 Å². The number of Topliss-reactive ketones (excluding diaryl/α,β-unsaturated/α-hetero) is 1. The number of benzene rings is 1. The standard InChI is InChI=1S/C14H17FO3/c1-2-3-4-5-13(16)10-18-14(17)11-6-8-12(15)9-7-11/h6-9H,2-5,10H2,1H3. The molecule has 1 aromatic carbocycles. The first-order valence-electron chi connectivity index (χ1n) is 6.08. The van der Waals surface area contributed by atoms with Crippen molar-refractivity contribution in [3.8, 4) is 0 Å². The smallest absolute Gasteiger partial charge is 0.338 e. The van der Waals surface area contributed by atoms with Crippen LogP contribution in [0.15, 0.2) is 24.3 Å². The Bertz CT molecular complexity index is 398. The van der Waals surface area contributed by atoms with Gasteiger partial charge >= 0.3 is 5.97 Å². The minimum atomic E-state index is -0.598. The van der Waals surface area contributed by atoms with Gasteiger partial charge in [0, 0.05) is 6.42 Å². The normalized spacial score (nSPS) is 10.1. The molecule has 0 aliphatic heterocycles. The maximum Gasteiger partial charge on any atom is 0.338 e. The lowest BCUT2D eigenvalue weighted by Gasteiger charge is -2.04. The van der Waals surface area contributed by atoms with E-state index in [0.29, 0.717) is 6.42 Å². The molecule has 0 heterocycles. The average molecular weight is 252 g/mol. The van der Waals surface area contributed by atoms with Crippen LogP contribution in [0.1, 0.15) is 43.0 Å². The van der Waals surface area contributed by atoms with E-state index in [4.69, 9.17) is 4.74 Å². The Hall–Kier alpha value is -1.71. The summed E-state index contributed by atoms with van der Waals surface area (Å²) >= 11 is 0. The van der Waals surface area contributed by atoms with Crippen molar-refractivity contribution < 1.29 is 18.7 Å². The molecule has 0 N–H and O–H groups in total. The number of carbonyl (C=O) groups excluding carboxylic acids is 2. The zero-order valence-corrected chi connectivity index (χ0v) is 10.4. The highest BCUT2D eigenvalue weighted by molar-refractivity contribution is 5.91. The SMILES string of the molecule is CCCCCC(=O)COC(=O)c1ccc(F)cc1. The lowest BCUT2D eigenvalue weighted by atomic mass is 10.1. The molecule has 0 amide bonds. The van der Waals surface area contributed by atoms with Gasteiger partial charge < -0.3 is 4.74 Å². The van der Waals surface area contributed by atoms with Crippen molar-refractivity contribution in [3.05, 3.63) is 35.6 Å². The summed E-state index contributed by atoms with van der Waals surface area (Å²) in [6.45, 7) is 1.85. The summed E-state index contributed by atoms with van der Waals surface area (Å²) in [6.07, 6.45) is 3.30. The first-order valence-corrected chi connectivity index (χ1v) is 6.08. The van der Waals surface area contributed by atoms with Crippen LogP contribution in [0.5, 0.6) is 0 Å². The predicted octanol–water partition coefficient (Wildman–Crippen LogP) is 3.13. The average Bonchev–Trinajstić information content (AvgIpc) is 2.37. The lowest BCUT2D eigenvalue weighted by molar-refractivity contribution is -0.122. The fourth-order valence-corrected chi connectivity index (χ4v) is 1.46. The summed E-state index contributed by atoms with van der Waals surface area (Å²) in [4.78, 5) is 22.9. The van der Waals surface area contributed by atoms with Crippen molar-refractivity contribution in [2.75, 3.05) is 6.61 Å². The van der Waals surface area contributed by atoms with E-state index in [0.717, 1.165) is 19.3 Å². The van der Waals surface area contributed by atoms with E-state index in [1.54, 1.807) is 0 Å². The molecular weight excluding hydrogens is 235 g/mol. The molecule has 98 valence electrons. The molecule has 1 rings (SSSR count). The van der Waals surface area contributed by atoms with E-state index in [2.05, 4.69) is 6.92 Å². The Kier molecular flexibility index (Phi) is 6.05. The summed E-state index contributed by atoms with van der Waals surface area (Å²) in [5.41, 5.74) is 0.248. The fourth-order valence-electron chi connectivity index (χ4n) is 1.46. The zero-order chi connectivity index (χ0) is 13.4. The highest BCUT2D eigenvalue weighted by Gasteiger charge is 2.09. The van der Waals surface area contributed by atoms with Crippen LogP contribution in [0.4, 0.5) is 4.39 Å². The van der Waals surface area contributed by atoms with E-state index in [1.807, 2.05) is 0 Å². The van der Waals surface area contributed by atoms with Gasteiger partial charge in [-0.25, -0.2) is 9.18 Å². The third-order valence-electron chi connectivity index (χ3n) is 2.50. The second-order valence-electron chi connectivity index (χ2n) is 4.08. The molecule has 0 bridgehead atoms. The van der Waals surface area contributed by atoms with Crippen LogP contribution in [-0.2, 0) is 9.53 Å². The van der Waals surface area contributed by atoms with Gasteiger partial charge in [-0.2, -0.15) is 0 Å². The molecule has 18 heavy (non-hydrogen) atoms. The second kappa shape index (κ2) is 7.58. The molecule has 0 fully saturated rings. The van der Waals surface area contributed by atoms with Crippen molar-refractivity contribution in [3.63, 3.8) is 0 Å². The van der Waals surface area contributed by atoms with Gasteiger partial charge in [0.15, 0.2) is 5.78 Å². The Morgan fingerprint density at radius 1 is 1.17 bits per heavy atom. The van der Waals surface area contributed by atoms with Crippen LogP contribution >= 0.6 is 0 Å². The molecule has 0 aliphatic carbocycles. The van der Waals surface area contributed by atoms with Crippen LogP contribution in [-0.4, -0.2) is 18.4 Å². The number of rotatable bonds is 7. The minimum absolute atomic E-state index is 0.0843. The van der Waals surface area contributed by atoms with Crippen LogP contribution < -0.4 is 0 Å². The van der Waals surface area contributed by atoms with Gasteiger partial charge in [0.1, 0.15) is 12.4 Å². The largest absolute Gasteiger partial charge is 0.454 e. The molecular formula is C14H17FO3. The summed E-state index contributed by atoms with van der Waals surface area (Å²) in [5.74, 6) is -1.10. The van der Waals surface area contributed by atoms with Gasteiger partial charge in [-0.3, -0.25) is 4.79 Å². The van der Waals surface area contributed by atoms with E-state index in [9.17, 15) is 14.0 Å². The van der Waals surface area contributed by atoms with Gasteiger partial charge in [0.25, 0.3) is 0 Å². The molecule has 0 saturated heterocycles. The highest BCUT2D eigenvalue weighted by Crippen LogP contribution is 2.05. The Balaban J connectivity index is 2.32. The number of esters is 1. The quantitative estimate of drug-likeness (QED) is 0.553. The maximum absolute atomic E-state index is 12.6. The third-order valence-corrected chi connectivity index (χ3v) is 2.50. The summed E-state index contributed by atoms with van der Waals surface area (Å²) in [7, 11) is 0. The Morgan fingerprint density at radius 3 is 2.44 bits per heavy atom. The van der Waals surface area contributed by atoms with Crippen LogP contribution in [0, 0.1) is 5.82 Å². The summed E-state index contributed by atoms with van der Waals surface area (Å²) in [5, 5.41) is 0. The first kappa shape index (κ1) is 14.4. The zero-order valence-electron chi connectivity index (χ0n) is 10.4. The Labute approximate surface area is 106 Å². The number of hydrogen-bond donors (Lipinski definition) is 0. The summed E-state index contributed by atoms with van der Waals surface area (Å²) in [6, 6.07) is 5.03. The number of halogens is 1. The number of unbranched alkanes of at least 4 members (excludes halogenated alkanes) is 2. The molecule has 0 saturated carbocycles. The third kappa shape index (κ3) is 5.08.